The minimum atomic E-state index is -0.520. The molecule has 0 radical (unpaired) electrons. The fourth-order valence-corrected chi connectivity index (χ4v) is 4.14. The summed E-state index contributed by atoms with van der Waals surface area (Å²) < 4.78 is 18.6. The Balaban J connectivity index is 1.48. The van der Waals surface area contributed by atoms with Crippen LogP contribution >= 0.6 is 0 Å². The van der Waals surface area contributed by atoms with Gasteiger partial charge in [0.25, 0.3) is 5.91 Å². The highest BCUT2D eigenvalue weighted by Gasteiger charge is 2.49. The molecule has 2 amide bonds. The van der Waals surface area contributed by atoms with Gasteiger partial charge in [-0.15, -0.1) is 0 Å². The summed E-state index contributed by atoms with van der Waals surface area (Å²) in [5.41, 5.74) is 0.267. The second-order valence-corrected chi connectivity index (χ2v) is 7.19. The monoisotopic (exact) mass is 356 g/mol. The van der Waals surface area contributed by atoms with E-state index in [1.54, 1.807) is 28.0 Å². The van der Waals surface area contributed by atoms with Gasteiger partial charge in [0, 0.05) is 26.2 Å². The van der Waals surface area contributed by atoms with E-state index < -0.39 is 5.41 Å². The molecule has 1 spiro atoms. The standard InChI is InChI=1S/C20H21FN2O3/c21-16-5-1-4-15(12-16)13-22-10-8-20(19(22)25)7-3-9-23(14-20)18(24)17-6-2-11-26-17/h1-2,4-6,11-12H,3,7-10,13-14H2/t20-/m0/s1. The van der Waals surface area contributed by atoms with Crippen molar-refractivity contribution < 1.29 is 18.4 Å². The lowest BCUT2D eigenvalue weighted by atomic mass is 9.78. The summed E-state index contributed by atoms with van der Waals surface area (Å²) in [6, 6.07) is 9.69. The van der Waals surface area contributed by atoms with Crippen molar-refractivity contribution in [1.82, 2.24) is 9.80 Å². The Kier molecular flexibility index (Phi) is 4.26. The Hall–Kier alpha value is -2.63. The van der Waals surface area contributed by atoms with E-state index in [-0.39, 0.29) is 17.6 Å². The number of piperidine rings is 1. The summed E-state index contributed by atoms with van der Waals surface area (Å²) in [7, 11) is 0. The normalized spacial score (nSPS) is 23.0. The molecule has 1 aromatic carbocycles. The largest absolute Gasteiger partial charge is 0.459 e. The number of carbonyl (C=O) groups is 2. The van der Waals surface area contributed by atoms with E-state index in [4.69, 9.17) is 4.42 Å². The smallest absolute Gasteiger partial charge is 0.289 e. The second-order valence-electron chi connectivity index (χ2n) is 7.19. The number of likely N-dealkylation sites (tertiary alicyclic amines) is 2. The Bertz CT molecular complexity index is 820. The van der Waals surface area contributed by atoms with E-state index in [9.17, 15) is 14.0 Å². The molecule has 0 aliphatic carbocycles. The molecule has 0 saturated carbocycles. The highest BCUT2D eigenvalue weighted by atomic mass is 19.1. The third-order valence-corrected chi connectivity index (χ3v) is 5.46. The van der Waals surface area contributed by atoms with Gasteiger partial charge in [-0.2, -0.15) is 0 Å². The average molecular weight is 356 g/mol. The molecule has 2 fully saturated rings. The number of nitrogens with zero attached hydrogens (tertiary/aromatic N) is 2. The molecule has 4 rings (SSSR count). The second kappa shape index (κ2) is 6.59. The molecule has 1 atom stereocenters. The van der Waals surface area contributed by atoms with Crippen LogP contribution in [0.3, 0.4) is 0 Å². The lowest BCUT2D eigenvalue weighted by Gasteiger charge is -2.38. The number of hydrogen-bond donors (Lipinski definition) is 0. The number of carbonyl (C=O) groups excluding carboxylic acids is 2. The van der Waals surface area contributed by atoms with Crippen molar-refractivity contribution in [3.63, 3.8) is 0 Å². The lowest BCUT2D eigenvalue weighted by molar-refractivity contribution is -0.138. The summed E-state index contributed by atoms with van der Waals surface area (Å²) in [5.74, 6) is -0.0787. The maximum Gasteiger partial charge on any atom is 0.289 e. The van der Waals surface area contributed by atoms with Gasteiger partial charge in [0.15, 0.2) is 5.76 Å². The van der Waals surface area contributed by atoms with E-state index in [2.05, 4.69) is 0 Å². The predicted molar refractivity (Wildman–Crippen MR) is 92.7 cm³/mol. The molecule has 26 heavy (non-hydrogen) atoms. The van der Waals surface area contributed by atoms with Crippen molar-refractivity contribution in [2.24, 2.45) is 5.41 Å². The zero-order valence-corrected chi connectivity index (χ0v) is 14.5. The number of hydrogen-bond acceptors (Lipinski definition) is 3. The van der Waals surface area contributed by atoms with Crippen LogP contribution in [0.15, 0.2) is 47.1 Å². The van der Waals surface area contributed by atoms with Gasteiger partial charge in [0.05, 0.1) is 11.7 Å². The molecule has 0 N–H and O–H groups in total. The molecular formula is C20H21FN2O3. The number of rotatable bonds is 3. The van der Waals surface area contributed by atoms with Gasteiger partial charge < -0.3 is 14.2 Å². The lowest BCUT2D eigenvalue weighted by Crippen LogP contribution is -2.49. The highest BCUT2D eigenvalue weighted by molar-refractivity contribution is 5.93. The molecule has 2 aliphatic heterocycles. The van der Waals surface area contributed by atoms with Crippen LogP contribution in [-0.4, -0.2) is 41.2 Å². The summed E-state index contributed by atoms with van der Waals surface area (Å²) >= 11 is 0. The Labute approximate surface area is 151 Å². The van der Waals surface area contributed by atoms with Crippen molar-refractivity contribution in [2.75, 3.05) is 19.6 Å². The van der Waals surface area contributed by atoms with Crippen LogP contribution in [-0.2, 0) is 11.3 Å². The Morgan fingerprint density at radius 1 is 1.19 bits per heavy atom. The van der Waals surface area contributed by atoms with E-state index >= 15 is 0 Å². The number of amides is 2. The van der Waals surface area contributed by atoms with Gasteiger partial charge >= 0.3 is 0 Å². The molecule has 3 heterocycles. The third-order valence-electron chi connectivity index (χ3n) is 5.46. The van der Waals surface area contributed by atoms with Crippen molar-refractivity contribution in [1.29, 1.82) is 0 Å². The summed E-state index contributed by atoms with van der Waals surface area (Å²) in [5, 5.41) is 0. The number of benzene rings is 1. The zero-order chi connectivity index (χ0) is 18.1. The zero-order valence-electron chi connectivity index (χ0n) is 14.5. The first kappa shape index (κ1) is 16.8. The molecule has 0 unspecified atom stereocenters. The van der Waals surface area contributed by atoms with E-state index in [1.807, 2.05) is 6.07 Å². The molecule has 1 aromatic heterocycles. The summed E-state index contributed by atoms with van der Waals surface area (Å²) in [6.07, 6.45) is 3.79. The predicted octanol–water partition coefficient (Wildman–Crippen LogP) is 3.07. The van der Waals surface area contributed by atoms with E-state index in [0.29, 0.717) is 31.9 Å². The minimum Gasteiger partial charge on any atom is -0.459 e. The van der Waals surface area contributed by atoms with Crippen molar-refractivity contribution >= 4 is 11.8 Å². The van der Waals surface area contributed by atoms with Gasteiger partial charge in [-0.3, -0.25) is 9.59 Å². The minimum absolute atomic E-state index is 0.0682. The first-order valence-corrected chi connectivity index (χ1v) is 8.94. The maximum absolute atomic E-state index is 13.4. The van der Waals surface area contributed by atoms with Gasteiger partial charge in [0.2, 0.25) is 5.91 Å². The van der Waals surface area contributed by atoms with E-state index in [1.165, 1.54) is 18.4 Å². The van der Waals surface area contributed by atoms with Crippen LogP contribution in [0.1, 0.15) is 35.4 Å². The molecule has 0 bridgehead atoms. The van der Waals surface area contributed by atoms with Crippen LogP contribution in [0.5, 0.6) is 0 Å². The first-order valence-electron chi connectivity index (χ1n) is 8.94. The number of furan rings is 1. The van der Waals surface area contributed by atoms with Crippen molar-refractivity contribution in [3.8, 4) is 0 Å². The Morgan fingerprint density at radius 3 is 2.85 bits per heavy atom. The molecular weight excluding hydrogens is 335 g/mol. The van der Waals surface area contributed by atoms with Gasteiger partial charge in [0.1, 0.15) is 5.82 Å². The first-order chi connectivity index (χ1) is 12.6. The molecule has 136 valence electrons. The van der Waals surface area contributed by atoms with Crippen molar-refractivity contribution in [2.45, 2.75) is 25.8 Å². The van der Waals surface area contributed by atoms with Crippen LogP contribution in [0, 0.1) is 11.2 Å². The van der Waals surface area contributed by atoms with Crippen LogP contribution < -0.4 is 0 Å². The average Bonchev–Trinajstić information content (AvgIpc) is 3.27. The molecule has 5 nitrogen and oxygen atoms in total. The summed E-state index contributed by atoms with van der Waals surface area (Å²) in [6.45, 7) is 2.10. The quantitative estimate of drug-likeness (QED) is 0.849. The maximum atomic E-state index is 13.4. The molecule has 2 aromatic rings. The molecule has 2 aliphatic rings. The fourth-order valence-electron chi connectivity index (χ4n) is 4.14. The highest BCUT2D eigenvalue weighted by Crippen LogP contribution is 2.41. The Morgan fingerprint density at radius 2 is 2.08 bits per heavy atom. The van der Waals surface area contributed by atoms with Crippen molar-refractivity contribution in [3.05, 3.63) is 59.8 Å². The van der Waals surface area contributed by atoms with E-state index in [0.717, 1.165) is 24.8 Å². The molecule has 2 saturated heterocycles. The van der Waals surface area contributed by atoms with Crippen LogP contribution in [0.2, 0.25) is 0 Å². The van der Waals surface area contributed by atoms with Gasteiger partial charge in [-0.1, -0.05) is 12.1 Å². The third kappa shape index (κ3) is 3.00. The number of halogens is 1. The fraction of sp³-hybridized carbons (Fsp3) is 0.400. The van der Waals surface area contributed by atoms with Gasteiger partial charge in [-0.25, -0.2) is 4.39 Å². The summed E-state index contributed by atoms with van der Waals surface area (Å²) in [4.78, 5) is 29.2. The molecule has 6 heteroatoms. The van der Waals surface area contributed by atoms with Crippen LogP contribution in [0.4, 0.5) is 4.39 Å². The SMILES string of the molecule is O=C(c1ccco1)N1CCC[C@]2(CCN(Cc3cccc(F)c3)C2=O)C1. The van der Waals surface area contributed by atoms with Crippen LogP contribution in [0.25, 0.3) is 0 Å². The topological polar surface area (TPSA) is 53.8 Å². The van der Waals surface area contributed by atoms with Gasteiger partial charge in [-0.05, 0) is 49.1 Å².